The summed E-state index contributed by atoms with van der Waals surface area (Å²) < 4.78 is 10.1. The smallest absolute Gasteiger partial charge is 0.197 e. The summed E-state index contributed by atoms with van der Waals surface area (Å²) in [4.78, 5) is 0. The zero-order valence-electron chi connectivity index (χ0n) is 8.37. The van der Waals surface area contributed by atoms with Gasteiger partial charge in [0.15, 0.2) is 5.22 Å². The lowest BCUT2D eigenvalue weighted by atomic mass is 10.0. The molecular formula is C11H12ClNO2. The van der Waals surface area contributed by atoms with Gasteiger partial charge in [0.2, 0.25) is 0 Å². The normalized spacial score (nSPS) is 12.9. The maximum Gasteiger partial charge on any atom is 0.197 e. The highest BCUT2D eigenvalue weighted by Gasteiger charge is 2.15. The second-order valence-corrected chi connectivity index (χ2v) is 3.67. The average Bonchev–Trinajstić information content (AvgIpc) is 2.85. The minimum Gasteiger partial charge on any atom is -0.472 e. The van der Waals surface area contributed by atoms with Crippen LogP contribution in [0.3, 0.4) is 0 Å². The molecule has 0 aliphatic heterocycles. The third-order valence-corrected chi connectivity index (χ3v) is 2.70. The Balaban J connectivity index is 2.15. The molecule has 0 saturated heterocycles. The highest BCUT2D eigenvalue weighted by molar-refractivity contribution is 6.29. The molecule has 2 aromatic rings. The van der Waals surface area contributed by atoms with Crippen LogP contribution in [0.25, 0.3) is 0 Å². The minimum atomic E-state index is 0.147. The van der Waals surface area contributed by atoms with Crippen molar-refractivity contribution in [3.63, 3.8) is 0 Å². The maximum absolute atomic E-state index is 5.92. The van der Waals surface area contributed by atoms with Gasteiger partial charge in [0.1, 0.15) is 0 Å². The van der Waals surface area contributed by atoms with Gasteiger partial charge in [-0.2, -0.15) is 0 Å². The molecule has 0 fully saturated rings. The van der Waals surface area contributed by atoms with Gasteiger partial charge in [-0.1, -0.05) is 0 Å². The van der Waals surface area contributed by atoms with Gasteiger partial charge in [0, 0.05) is 11.6 Å². The summed E-state index contributed by atoms with van der Waals surface area (Å²) in [6, 6.07) is 3.97. The molecule has 3 nitrogen and oxygen atoms in total. The second-order valence-electron chi connectivity index (χ2n) is 3.33. The molecule has 0 aromatic carbocycles. The van der Waals surface area contributed by atoms with Crippen molar-refractivity contribution in [1.82, 2.24) is 5.32 Å². The topological polar surface area (TPSA) is 38.3 Å². The van der Waals surface area contributed by atoms with Gasteiger partial charge >= 0.3 is 0 Å². The van der Waals surface area contributed by atoms with E-state index >= 15 is 0 Å². The van der Waals surface area contributed by atoms with E-state index in [1.54, 1.807) is 18.8 Å². The lowest BCUT2D eigenvalue weighted by molar-refractivity contribution is 0.537. The van der Waals surface area contributed by atoms with E-state index in [0.717, 1.165) is 17.5 Å². The Hall–Kier alpha value is -1.19. The van der Waals surface area contributed by atoms with E-state index in [9.17, 15) is 0 Å². The van der Waals surface area contributed by atoms with Crippen LogP contribution in [-0.4, -0.2) is 7.05 Å². The van der Waals surface area contributed by atoms with Crippen molar-refractivity contribution in [2.75, 3.05) is 7.05 Å². The number of hydrogen-bond donors (Lipinski definition) is 1. The summed E-state index contributed by atoms with van der Waals surface area (Å²) in [7, 11) is 1.90. The fourth-order valence-electron chi connectivity index (χ4n) is 1.57. The first-order valence-electron chi connectivity index (χ1n) is 4.72. The fraction of sp³-hybridized carbons (Fsp3) is 0.273. The number of rotatable bonds is 4. The predicted octanol–water partition coefficient (Wildman–Crippen LogP) is 3.03. The predicted molar refractivity (Wildman–Crippen MR) is 57.9 cm³/mol. The molecule has 2 heterocycles. The summed E-state index contributed by atoms with van der Waals surface area (Å²) in [6.07, 6.45) is 5.82. The molecule has 0 aliphatic carbocycles. The zero-order valence-corrected chi connectivity index (χ0v) is 9.12. The summed E-state index contributed by atoms with van der Waals surface area (Å²) >= 11 is 5.92. The van der Waals surface area contributed by atoms with Gasteiger partial charge in [-0.25, -0.2) is 0 Å². The van der Waals surface area contributed by atoms with Crippen molar-refractivity contribution in [3.05, 3.63) is 47.3 Å². The molecule has 2 rings (SSSR count). The summed E-state index contributed by atoms with van der Waals surface area (Å²) in [5, 5.41) is 3.64. The van der Waals surface area contributed by atoms with Crippen LogP contribution in [0, 0.1) is 0 Å². The Labute approximate surface area is 93.0 Å². The molecule has 1 atom stereocenters. The highest BCUT2D eigenvalue weighted by atomic mass is 35.5. The average molecular weight is 226 g/mol. The lowest BCUT2D eigenvalue weighted by Gasteiger charge is -2.13. The Kier molecular flexibility index (Phi) is 3.14. The van der Waals surface area contributed by atoms with Crippen molar-refractivity contribution in [2.45, 2.75) is 12.5 Å². The molecule has 15 heavy (non-hydrogen) atoms. The van der Waals surface area contributed by atoms with Crippen LogP contribution in [-0.2, 0) is 6.42 Å². The van der Waals surface area contributed by atoms with Gasteiger partial charge in [-0.15, -0.1) is 0 Å². The van der Waals surface area contributed by atoms with Crippen LogP contribution >= 0.6 is 11.6 Å². The van der Waals surface area contributed by atoms with Gasteiger partial charge in [-0.3, -0.25) is 0 Å². The molecular weight excluding hydrogens is 214 g/mol. The number of likely N-dealkylation sites (N-methyl/N-ethyl adjacent to an activating group) is 1. The standard InChI is InChI=1S/C11H12ClNO2/c1-13-10(6-8-2-4-14-7-8)9-3-5-15-11(9)12/h2-5,7,10,13H,6H2,1H3. The quantitative estimate of drug-likeness (QED) is 0.869. The second kappa shape index (κ2) is 4.55. The van der Waals surface area contributed by atoms with E-state index in [1.165, 1.54) is 0 Å². The summed E-state index contributed by atoms with van der Waals surface area (Å²) in [5.74, 6) is 0. The summed E-state index contributed by atoms with van der Waals surface area (Å²) in [6.45, 7) is 0. The Bertz CT molecular complexity index is 408. The molecule has 80 valence electrons. The Morgan fingerprint density at radius 1 is 1.40 bits per heavy atom. The molecule has 4 heteroatoms. The van der Waals surface area contributed by atoms with E-state index < -0.39 is 0 Å². The van der Waals surface area contributed by atoms with Crippen LogP contribution in [0.5, 0.6) is 0 Å². The fourth-order valence-corrected chi connectivity index (χ4v) is 1.81. The first-order chi connectivity index (χ1) is 7.31. The van der Waals surface area contributed by atoms with Crippen molar-refractivity contribution in [2.24, 2.45) is 0 Å². The molecule has 2 aromatic heterocycles. The van der Waals surface area contributed by atoms with Crippen LogP contribution in [0.4, 0.5) is 0 Å². The molecule has 0 saturated carbocycles. The van der Waals surface area contributed by atoms with E-state index in [0.29, 0.717) is 5.22 Å². The highest BCUT2D eigenvalue weighted by Crippen LogP contribution is 2.26. The maximum atomic E-state index is 5.92. The first-order valence-corrected chi connectivity index (χ1v) is 5.10. The van der Waals surface area contributed by atoms with Crippen LogP contribution in [0.2, 0.25) is 5.22 Å². The lowest BCUT2D eigenvalue weighted by Crippen LogP contribution is -2.18. The number of halogens is 1. The van der Waals surface area contributed by atoms with E-state index in [1.807, 2.05) is 19.2 Å². The third-order valence-electron chi connectivity index (χ3n) is 2.39. The van der Waals surface area contributed by atoms with Crippen molar-refractivity contribution < 1.29 is 8.83 Å². The number of hydrogen-bond acceptors (Lipinski definition) is 3. The molecule has 1 unspecified atom stereocenters. The van der Waals surface area contributed by atoms with Crippen molar-refractivity contribution in [1.29, 1.82) is 0 Å². The minimum absolute atomic E-state index is 0.147. The van der Waals surface area contributed by atoms with E-state index in [2.05, 4.69) is 5.32 Å². The number of nitrogens with one attached hydrogen (secondary N) is 1. The van der Waals surface area contributed by atoms with Crippen LogP contribution in [0.15, 0.2) is 39.8 Å². The Morgan fingerprint density at radius 2 is 2.27 bits per heavy atom. The van der Waals surface area contributed by atoms with Crippen LogP contribution < -0.4 is 5.32 Å². The molecule has 0 aliphatic rings. The van der Waals surface area contributed by atoms with Gasteiger partial charge in [0.25, 0.3) is 0 Å². The monoisotopic (exact) mass is 225 g/mol. The molecule has 0 radical (unpaired) electrons. The molecule has 1 N–H and O–H groups in total. The van der Waals surface area contributed by atoms with E-state index in [4.69, 9.17) is 20.4 Å². The molecule has 0 amide bonds. The SMILES string of the molecule is CNC(Cc1ccoc1)c1ccoc1Cl. The first kappa shape index (κ1) is 10.3. The van der Waals surface area contributed by atoms with Crippen LogP contribution in [0.1, 0.15) is 17.2 Å². The zero-order chi connectivity index (χ0) is 10.7. The molecule has 0 spiro atoms. The molecule has 0 bridgehead atoms. The Morgan fingerprint density at radius 3 is 2.80 bits per heavy atom. The van der Waals surface area contributed by atoms with Gasteiger partial charge < -0.3 is 14.2 Å². The van der Waals surface area contributed by atoms with Crippen molar-refractivity contribution in [3.8, 4) is 0 Å². The van der Waals surface area contributed by atoms with Crippen molar-refractivity contribution >= 4 is 11.6 Å². The van der Waals surface area contributed by atoms with E-state index in [-0.39, 0.29) is 6.04 Å². The van der Waals surface area contributed by atoms with Gasteiger partial charge in [-0.05, 0) is 42.8 Å². The number of furan rings is 2. The summed E-state index contributed by atoms with van der Waals surface area (Å²) in [5.41, 5.74) is 2.10. The largest absolute Gasteiger partial charge is 0.472 e. The van der Waals surface area contributed by atoms with Gasteiger partial charge in [0.05, 0.1) is 18.8 Å². The third kappa shape index (κ3) is 2.25.